The Morgan fingerprint density at radius 3 is 2.88 bits per heavy atom. The highest BCUT2D eigenvalue weighted by Crippen LogP contribution is 2.31. The van der Waals surface area contributed by atoms with E-state index < -0.39 is 35.9 Å². The minimum absolute atomic E-state index is 0.0662. The Balaban J connectivity index is 1.68. The first-order valence-corrected chi connectivity index (χ1v) is 8.93. The normalized spacial score (nSPS) is 22.9. The molecule has 138 valence electrons. The number of carbonyl (C=O) groups is 1. The topological polar surface area (TPSA) is 88.6 Å². The minimum atomic E-state index is -2.90. The predicted octanol–water partition coefficient (Wildman–Crippen LogP) is 1.68. The smallest absolute Gasteiger partial charge is 0.297 e. The van der Waals surface area contributed by atoms with Crippen LogP contribution < -0.4 is 10.9 Å². The van der Waals surface area contributed by atoms with E-state index in [4.69, 9.17) is 0 Å². The fraction of sp³-hybridized carbons (Fsp3) is 0.438. The SMILES string of the molecule is CC1(O)CC(NC(=O)Cn2nc(C(F)F)n3c(cc4sccc43)c2=O)C1. The average Bonchev–Trinajstić information content (AvgIpc) is 3.09. The van der Waals surface area contributed by atoms with Gasteiger partial charge >= 0.3 is 0 Å². The maximum Gasteiger partial charge on any atom is 0.297 e. The van der Waals surface area contributed by atoms with E-state index >= 15 is 0 Å². The molecule has 3 aromatic heterocycles. The third kappa shape index (κ3) is 2.78. The summed E-state index contributed by atoms with van der Waals surface area (Å²) in [6.45, 7) is 1.22. The molecule has 1 fully saturated rings. The van der Waals surface area contributed by atoms with E-state index in [2.05, 4.69) is 10.4 Å². The number of thiophene rings is 1. The molecule has 26 heavy (non-hydrogen) atoms. The molecule has 0 unspecified atom stereocenters. The summed E-state index contributed by atoms with van der Waals surface area (Å²) in [5, 5.41) is 17.8. The molecule has 0 atom stereocenters. The van der Waals surface area contributed by atoms with Crippen molar-refractivity contribution in [3.63, 3.8) is 0 Å². The number of hydrogen-bond donors (Lipinski definition) is 2. The third-order valence-electron chi connectivity index (χ3n) is 4.55. The summed E-state index contributed by atoms with van der Waals surface area (Å²) in [4.78, 5) is 24.7. The van der Waals surface area contributed by atoms with Crippen LogP contribution in [-0.4, -0.2) is 36.8 Å². The van der Waals surface area contributed by atoms with Crippen LogP contribution in [0.1, 0.15) is 32.0 Å². The van der Waals surface area contributed by atoms with Crippen molar-refractivity contribution in [1.29, 1.82) is 0 Å². The number of hydrogen-bond acceptors (Lipinski definition) is 5. The lowest BCUT2D eigenvalue weighted by molar-refractivity contribution is -0.125. The van der Waals surface area contributed by atoms with Crippen molar-refractivity contribution in [2.45, 2.75) is 44.4 Å². The average molecular weight is 382 g/mol. The standard InChI is InChI=1S/C16H16F2N4O3S/c1-16(25)5-8(6-16)19-12(23)7-21-15(24)10-4-11-9(2-3-26-11)22(10)14(20-21)13(17)18/h2-4,8,13,25H,5-7H2,1H3,(H,19,23). The van der Waals surface area contributed by atoms with Crippen LogP contribution in [0.5, 0.6) is 0 Å². The first kappa shape index (κ1) is 17.1. The van der Waals surface area contributed by atoms with Gasteiger partial charge in [0.15, 0.2) is 0 Å². The second-order valence-corrected chi connectivity index (χ2v) is 7.77. The molecule has 4 rings (SSSR count). The number of alkyl halides is 2. The number of fused-ring (bicyclic) bond motifs is 3. The van der Waals surface area contributed by atoms with Crippen molar-refractivity contribution < 1.29 is 18.7 Å². The maximum absolute atomic E-state index is 13.5. The summed E-state index contributed by atoms with van der Waals surface area (Å²) in [6.07, 6.45) is -2.07. The van der Waals surface area contributed by atoms with Crippen LogP contribution in [0.3, 0.4) is 0 Å². The Hall–Kier alpha value is -2.33. The molecular formula is C16H16F2N4O3S. The van der Waals surface area contributed by atoms with E-state index in [1.54, 1.807) is 18.4 Å². The van der Waals surface area contributed by atoms with E-state index in [1.165, 1.54) is 17.4 Å². The van der Waals surface area contributed by atoms with Gasteiger partial charge in [-0.2, -0.15) is 0 Å². The van der Waals surface area contributed by atoms with E-state index in [0.717, 1.165) is 9.08 Å². The number of aliphatic hydroxyl groups is 1. The van der Waals surface area contributed by atoms with Crippen LogP contribution in [0.25, 0.3) is 15.7 Å². The second-order valence-electron chi connectivity index (χ2n) is 6.83. The van der Waals surface area contributed by atoms with Gasteiger partial charge in [0.05, 0.1) is 15.8 Å². The molecule has 3 aromatic rings. The number of halogens is 2. The van der Waals surface area contributed by atoms with Crippen molar-refractivity contribution in [2.24, 2.45) is 0 Å². The lowest BCUT2D eigenvalue weighted by Gasteiger charge is -2.41. The highest BCUT2D eigenvalue weighted by Gasteiger charge is 2.39. The number of amides is 1. The van der Waals surface area contributed by atoms with E-state index in [0.29, 0.717) is 23.1 Å². The predicted molar refractivity (Wildman–Crippen MR) is 91.6 cm³/mol. The van der Waals surface area contributed by atoms with Gasteiger partial charge in [0, 0.05) is 6.04 Å². The van der Waals surface area contributed by atoms with Gasteiger partial charge in [-0.25, -0.2) is 13.5 Å². The first-order valence-electron chi connectivity index (χ1n) is 8.05. The van der Waals surface area contributed by atoms with Gasteiger partial charge in [0.1, 0.15) is 12.1 Å². The first-order chi connectivity index (χ1) is 12.2. The molecule has 1 aliphatic carbocycles. The summed E-state index contributed by atoms with van der Waals surface area (Å²) < 4.78 is 29.6. The summed E-state index contributed by atoms with van der Waals surface area (Å²) >= 11 is 1.34. The lowest BCUT2D eigenvalue weighted by Crippen LogP contribution is -2.54. The zero-order chi connectivity index (χ0) is 18.6. The van der Waals surface area contributed by atoms with Crippen LogP contribution in [0, 0.1) is 0 Å². The Bertz CT molecular complexity index is 1060. The van der Waals surface area contributed by atoms with Crippen molar-refractivity contribution >= 4 is 33.0 Å². The fourth-order valence-corrected chi connectivity index (χ4v) is 4.24. The zero-order valence-corrected chi connectivity index (χ0v) is 14.6. The molecule has 7 nitrogen and oxygen atoms in total. The Labute approximate surface area is 149 Å². The zero-order valence-electron chi connectivity index (χ0n) is 13.8. The van der Waals surface area contributed by atoms with Gasteiger partial charge in [0.25, 0.3) is 12.0 Å². The molecule has 10 heteroatoms. The van der Waals surface area contributed by atoms with Crippen LogP contribution in [-0.2, 0) is 11.3 Å². The molecule has 0 aromatic carbocycles. The molecule has 1 saturated carbocycles. The summed E-state index contributed by atoms with van der Waals surface area (Å²) in [5.74, 6) is -1.08. The molecule has 2 N–H and O–H groups in total. The van der Waals surface area contributed by atoms with Crippen molar-refractivity contribution in [1.82, 2.24) is 19.5 Å². The van der Waals surface area contributed by atoms with Crippen LogP contribution in [0.15, 0.2) is 22.3 Å². The fourth-order valence-electron chi connectivity index (χ4n) is 3.44. The monoisotopic (exact) mass is 382 g/mol. The molecular weight excluding hydrogens is 366 g/mol. The number of nitrogens with one attached hydrogen (secondary N) is 1. The van der Waals surface area contributed by atoms with Gasteiger partial charge in [-0.3, -0.25) is 14.0 Å². The Morgan fingerprint density at radius 1 is 1.50 bits per heavy atom. The largest absolute Gasteiger partial charge is 0.390 e. The van der Waals surface area contributed by atoms with Crippen molar-refractivity contribution in [2.75, 3.05) is 0 Å². The van der Waals surface area contributed by atoms with E-state index in [9.17, 15) is 23.5 Å². The molecule has 1 aliphatic rings. The van der Waals surface area contributed by atoms with Crippen molar-refractivity contribution in [3.05, 3.63) is 33.7 Å². The second kappa shape index (κ2) is 5.85. The molecule has 3 heterocycles. The Morgan fingerprint density at radius 2 is 2.23 bits per heavy atom. The van der Waals surface area contributed by atoms with E-state index in [1.807, 2.05) is 0 Å². The Kier molecular flexibility index (Phi) is 3.85. The number of aromatic nitrogens is 3. The number of rotatable bonds is 4. The van der Waals surface area contributed by atoms with Gasteiger partial charge in [-0.1, -0.05) is 0 Å². The lowest BCUT2D eigenvalue weighted by atomic mass is 9.77. The maximum atomic E-state index is 13.5. The summed E-state index contributed by atoms with van der Waals surface area (Å²) in [6, 6.07) is 3.00. The summed E-state index contributed by atoms with van der Waals surface area (Å²) in [5.41, 5.74) is -0.838. The molecule has 0 saturated heterocycles. The van der Waals surface area contributed by atoms with Gasteiger partial charge < -0.3 is 10.4 Å². The van der Waals surface area contributed by atoms with Crippen LogP contribution in [0.4, 0.5) is 8.78 Å². The van der Waals surface area contributed by atoms with Gasteiger partial charge in [0.2, 0.25) is 11.7 Å². The number of carbonyl (C=O) groups excluding carboxylic acids is 1. The van der Waals surface area contributed by atoms with E-state index in [-0.39, 0.29) is 11.6 Å². The summed E-state index contributed by atoms with van der Waals surface area (Å²) in [7, 11) is 0. The van der Waals surface area contributed by atoms with Crippen LogP contribution >= 0.6 is 11.3 Å². The third-order valence-corrected chi connectivity index (χ3v) is 5.41. The molecule has 1 amide bonds. The molecule has 0 radical (unpaired) electrons. The number of nitrogens with zero attached hydrogens (tertiary/aromatic N) is 3. The van der Waals surface area contributed by atoms with Crippen LogP contribution in [0.2, 0.25) is 0 Å². The molecule has 0 bridgehead atoms. The highest BCUT2D eigenvalue weighted by molar-refractivity contribution is 7.17. The van der Waals surface area contributed by atoms with Gasteiger partial charge in [-0.15, -0.1) is 16.4 Å². The van der Waals surface area contributed by atoms with Gasteiger partial charge in [-0.05, 0) is 37.3 Å². The quantitative estimate of drug-likeness (QED) is 0.719. The molecule has 0 aliphatic heterocycles. The molecule has 0 spiro atoms. The minimum Gasteiger partial charge on any atom is -0.390 e. The highest BCUT2D eigenvalue weighted by atomic mass is 32.1. The van der Waals surface area contributed by atoms with Crippen molar-refractivity contribution in [3.8, 4) is 0 Å².